The Morgan fingerprint density at radius 1 is 1.32 bits per heavy atom. The van der Waals surface area contributed by atoms with Gasteiger partial charge in [-0.3, -0.25) is 0 Å². The van der Waals surface area contributed by atoms with Crippen LogP contribution in [0.5, 0.6) is 0 Å². The van der Waals surface area contributed by atoms with Gasteiger partial charge >= 0.3 is 0 Å². The molecule has 1 aliphatic rings. The first-order valence-electron chi connectivity index (χ1n) is 6.80. The van der Waals surface area contributed by atoms with Crippen molar-refractivity contribution in [1.29, 1.82) is 0 Å². The number of aromatic nitrogens is 2. The third-order valence-electron chi connectivity index (χ3n) is 3.55. The van der Waals surface area contributed by atoms with Gasteiger partial charge in [-0.1, -0.05) is 12.1 Å². The van der Waals surface area contributed by atoms with Crippen molar-refractivity contribution in [2.45, 2.75) is 25.5 Å². The fourth-order valence-electron chi connectivity index (χ4n) is 2.20. The van der Waals surface area contributed by atoms with Crippen LogP contribution in [-0.2, 0) is 6.54 Å². The lowest BCUT2D eigenvalue weighted by Gasteiger charge is -2.11. The molecule has 2 aromatic rings. The van der Waals surface area contributed by atoms with E-state index in [1.807, 2.05) is 16.9 Å². The predicted octanol–water partition coefficient (Wildman–Crippen LogP) is 1.73. The Morgan fingerprint density at radius 2 is 2.11 bits per heavy atom. The summed E-state index contributed by atoms with van der Waals surface area (Å²) < 4.78 is 1.84. The van der Waals surface area contributed by atoms with E-state index in [-0.39, 0.29) is 6.10 Å². The quantitative estimate of drug-likeness (QED) is 0.828. The fraction of sp³-hybridized carbons (Fsp3) is 0.400. The van der Waals surface area contributed by atoms with E-state index < -0.39 is 0 Å². The molecule has 2 N–H and O–H groups in total. The van der Waals surface area contributed by atoms with Gasteiger partial charge in [-0.2, -0.15) is 5.10 Å². The second-order valence-corrected chi connectivity index (χ2v) is 5.15. The van der Waals surface area contributed by atoms with Crippen LogP contribution >= 0.6 is 0 Å². The average molecular weight is 257 g/mol. The van der Waals surface area contributed by atoms with E-state index in [0.717, 1.165) is 12.2 Å². The molecule has 4 heteroatoms. The molecule has 0 amide bonds. The molecule has 1 saturated carbocycles. The van der Waals surface area contributed by atoms with Gasteiger partial charge in [0.1, 0.15) is 0 Å². The third-order valence-corrected chi connectivity index (χ3v) is 3.55. The number of nitrogens with one attached hydrogen (secondary N) is 1. The molecule has 4 nitrogen and oxygen atoms in total. The Kier molecular flexibility index (Phi) is 3.62. The Morgan fingerprint density at radius 3 is 2.74 bits per heavy atom. The van der Waals surface area contributed by atoms with E-state index in [9.17, 15) is 5.11 Å². The van der Waals surface area contributed by atoms with Gasteiger partial charge in [0.05, 0.1) is 11.8 Å². The molecule has 0 saturated heterocycles. The highest BCUT2D eigenvalue weighted by Gasteiger charge is 2.28. The van der Waals surface area contributed by atoms with Crippen LogP contribution in [0.1, 0.15) is 18.4 Å². The second kappa shape index (κ2) is 5.55. The summed E-state index contributed by atoms with van der Waals surface area (Å²) in [6.45, 7) is 1.48. The molecule has 3 rings (SSSR count). The van der Waals surface area contributed by atoms with Crippen molar-refractivity contribution in [3.8, 4) is 5.69 Å². The molecule has 0 bridgehead atoms. The molecule has 19 heavy (non-hydrogen) atoms. The van der Waals surface area contributed by atoms with Crippen LogP contribution in [0, 0.1) is 5.92 Å². The number of nitrogens with zero attached hydrogens (tertiary/aromatic N) is 2. The molecule has 1 fully saturated rings. The molecule has 1 aromatic heterocycles. The monoisotopic (exact) mass is 257 g/mol. The van der Waals surface area contributed by atoms with E-state index in [2.05, 4.69) is 34.7 Å². The average Bonchev–Trinajstić information content (AvgIpc) is 3.15. The van der Waals surface area contributed by atoms with E-state index in [1.54, 1.807) is 6.20 Å². The lowest BCUT2D eigenvalue weighted by molar-refractivity contribution is 0.148. The maximum atomic E-state index is 9.76. The Hall–Kier alpha value is -1.65. The van der Waals surface area contributed by atoms with Crippen molar-refractivity contribution in [3.63, 3.8) is 0 Å². The van der Waals surface area contributed by atoms with Gasteiger partial charge < -0.3 is 10.4 Å². The largest absolute Gasteiger partial charge is 0.392 e. The van der Waals surface area contributed by atoms with Crippen LogP contribution in [0.25, 0.3) is 5.69 Å². The molecule has 0 spiro atoms. The summed E-state index contributed by atoms with van der Waals surface area (Å²) in [5, 5.41) is 17.3. The van der Waals surface area contributed by atoms with Crippen molar-refractivity contribution in [2.75, 3.05) is 6.54 Å². The highest BCUT2D eigenvalue weighted by atomic mass is 16.3. The highest BCUT2D eigenvalue weighted by Crippen LogP contribution is 2.32. The molecule has 1 unspecified atom stereocenters. The number of hydrogen-bond acceptors (Lipinski definition) is 3. The van der Waals surface area contributed by atoms with E-state index >= 15 is 0 Å². The minimum atomic E-state index is -0.177. The van der Waals surface area contributed by atoms with Crippen LogP contribution in [-0.4, -0.2) is 27.5 Å². The summed E-state index contributed by atoms with van der Waals surface area (Å²) in [5.74, 6) is 0.537. The van der Waals surface area contributed by atoms with Crippen LogP contribution in [0.15, 0.2) is 42.7 Å². The zero-order valence-electron chi connectivity index (χ0n) is 10.9. The van der Waals surface area contributed by atoms with Crippen LogP contribution < -0.4 is 5.32 Å². The first kappa shape index (κ1) is 12.4. The minimum absolute atomic E-state index is 0.177. The minimum Gasteiger partial charge on any atom is -0.392 e. The highest BCUT2D eigenvalue weighted by molar-refractivity contribution is 5.33. The number of hydrogen-bond donors (Lipinski definition) is 2. The third kappa shape index (κ3) is 3.22. The maximum Gasteiger partial charge on any atom is 0.0692 e. The Balaban J connectivity index is 1.51. The zero-order chi connectivity index (χ0) is 13.1. The molecule has 0 aliphatic heterocycles. The normalized spacial score (nSPS) is 16.5. The maximum absolute atomic E-state index is 9.76. The van der Waals surface area contributed by atoms with Crippen LogP contribution in [0.3, 0.4) is 0 Å². The first-order chi connectivity index (χ1) is 9.33. The van der Waals surface area contributed by atoms with Gasteiger partial charge in [-0.05, 0) is 42.5 Å². The van der Waals surface area contributed by atoms with Crippen LogP contribution in [0.4, 0.5) is 0 Å². The van der Waals surface area contributed by atoms with Gasteiger partial charge in [0.25, 0.3) is 0 Å². The molecule has 0 radical (unpaired) electrons. The molecule has 1 aromatic carbocycles. The summed E-state index contributed by atoms with van der Waals surface area (Å²) in [6.07, 6.45) is 5.89. The number of aliphatic hydroxyl groups excluding tert-OH is 1. The number of rotatable bonds is 6. The smallest absolute Gasteiger partial charge is 0.0692 e. The first-order valence-corrected chi connectivity index (χ1v) is 6.80. The topological polar surface area (TPSA) is 50.1 Å². The number of benzene rings is 1. The lowest BCUT2D eigenvalue weighted by atomic mass is 10.2. The van der Waals surface area contributed by atoms with Crippen molar-refractivity contribution >= 4 is 0 Å². The SMILES string of the molecule is OC(CNCc1ccc(-n2cccn2)cc1)C1CC1. The molecule has 1 heterocycles. The summed E-state index contributed by atoms with van der Waals surface area (Å²) in [6, 6.07) is 10.2. The molecule has 100 valence electrons. The number of aliphatic hydroxyl groups is 1. The van der Waals surface area contributed by atoms with E-state index in [1.165, 1.54) is 18.4 Å². The summed E-state index contributed by atoms with van der Waals surface area (Å²) >= 11 is 0. The fourth-order valence-corrected chi connectivity index (χ4v) is 2.20. The van der Waals surface area contributed by atoms with Gasteiger partial charge in [-0.25, -0.2) is 4.68 Å². The second-order valence-electron chi connectivity index (χ2n) is 5.15. The van der Waals surface area contributed by atoms with Crippen molar-refractivity contribution < 1.29 is 5.11 Å². The standard InChI is InChI=1S/C15H19N3O/c19-15(13-4-5-13)11-16-10-12-2-6-14(7-3-12)18-9-1-8-17-18/h1-3,6-9,13,15-16,19H,4-5,10-11H2. The van der Waals surface area contributed by atoms with Gasteiger partial charge in [0.15, 0.2) is 0 Å². The van der Waals surface area contributed by atoms with Crippen molar-refractivity contribution in [2.24, 2.45) is 5.92 Å². The predicted molar refractivity (Wildman–Crippen MR) is 74.0 cm³/mol. The summed E-state index contributed by atoms with van der Waals surface area (Å²) in [7, 11) is 0. The molecule has 1 aliphatic carbocycles. The molecule has 1 atom stereocenters. The molecular weight excluding hydrogens is 238 g/mol. The van der Waals surface area contributed by atoms with Crippen molar-refractivity contribution in [1.82, 2.24) is 15.1 Å². The van der Waals surface area contributed by atoms with E-state index in [0.29, 0.717) is 12.5 Å². The lowest BCUT2D eigenvalue weighted by Crippen LogP contribution is -2.27. The Labute approximate surface area is 113 Å². The van der Waals surface area contributed by atoms with Gasteiger partial charge in [0.2, 0.25) is 0 Å². The zero-order valence-corrected chi connectivity index (χ0v) is 10.9. The van der Waals surface area contributed by atoms with Crippen LogP contribution in [0.2, 0.25) is 0 Å². The molecular formula is C15H19N3O. The van der Waals surface area contributed by atoms with Gasteiger partial charge in [-0.15, -0.1) is 0 Å². The summed E-state index contributed by atoms with van der Waals surface area (Å²) in [5.41, 5.74) is 2.28. The van der Waals surface area contributed by atoms with E-state index in [4.69, 9.17) is 0 Å². The van der Waals surface area contributed by atoms with Crippen molar-refractivity contribution in [3.05, 3.63) is 48.3 Å². The Bertz CT molecular complexity index is 503. The summed E-state index contributed by atoms with van der Waals surface area (Å²) in [4.78, 5) is 0. The van der Waals surface area contributed by atoms with Gasteiger partial charge in [0, 0.05) is 25.5 Å².